The van der Waals surface area contributed by atoms with E-state index in [9.17, 15) is 5.11 Å². The van der Waals surface area contributed by atoms with E-state index in [2.05, 4.69) is 18.3 Å². The minimum atomic E-state index is -0.364. The van der Waals surface area contributed by atoms with Crippen molar-refractivity contribution in [2.24, 2.45) is 11.8 Å². The highest BCUT2D eigenvalue weighted by Gasteiger charge is 2.35. The summed E-state index contributed by atoms with van der Waals surface area (Å²) in [7, 11) is 1.68. The molecule has 0 amide bonds. The van der Waals surface area contributed by atoms with E-state index in [1.54, 1.807) is 7.11 Å². The molecule has 1 aromatic carbocycles. The highest BCUT2D eigenvalue weighted by Crippen LogP contribution is 2.40. The maximum absolute atomic E-state index is 10.8. The van der Waals surface area contributed by atoms with Gasteiger partial charge in [-0.3, -0.25) is 0 Å². The molecule has 2 N–H and O–H groups in total. The quantitative estimate of drug-likeness (QED) is 0.872. The second-order valence-electron chi connectivity index (χ2n) is 6.40. The van der Waals surface area contributed by atoms with Gasteiger partial charge in [0.2, 0.25) is 0 Å². The van der Waals surface area contributed by atoms with Gasteiger partial charge in [0.25, 0.3) is 0 Å². The number of aliphatic hydroxyl groups is 1. The molecule has 110 valence electrons. The maximum atomic E-state index is 10.8. The van der Waals surface area contributed by atoms with Gasteiger partial charge in [-0.2, -0.15) is 0 Å². The number of hydrogen-bond acceptors (Lipinski definition) is 3. The number of aliphatic hydroxyl groups excluding tert-OH is 1. The number of nitrogens with one attached hydrogen (secondary N) is 1. The minimum Gasteiger partial charge on any atom is -0.497 e. The molecule has 1 saturated heterocycles. The van der Waals surface area contributed by atoms with Gasteiger partial charge in [0, 0.05) is 12.0 Å². The molecule has 3 heteroatoms. The van der Waals surface area contributed by atoms with Gasteiger partial charge in [0.05, 0.1) is 13.2 Å². The molecule has 1 aliphatic carbocycles. The SMILES string of the molecule is COc1ccc2c(c1)C(O)C(C1CC(C)CCN1)CC2. The predicted molar refractivity (Wildman–Crippen MR) is 80.0 cm³/mol. The molecule has 0 aromatic heterocycles. The Morgan fingerprint density at radius 3 is 2.90 bits per heavy atom. The molecule has 4 unspecified atom stereocenters. The molecule has 0 spiro atoms. The number of fused-ring (bicyclic) bond motifs is 1. The highest BCUT2D eigenvalue weighted by molar-refractivity contribution is 5.39. The predicted octanol–water partition coefficient (Wildman–Crippen LogP) is 2.68. The van der Waals surface area contributed by atoms with Gasteiger partial charge in [0.1, 0.15) is 5.75 Å². The summed E-state index contributed by atoms with van der Waals surface area (Å²) in [6.07, 6.45) is 4.21. The number of rotatable bonds is 2. The minimum absolute atomic E-state index is 0.331. The van der Waals surface area contributed by atoms with Crippen molar-refractivity contribution in [3.8, 4) is 5.75 Å². The van der Waals surface area contributed by atoms with Crippen LogP contribution < -0.4 is 10.1 Å². The first-order valence-corrected chi connectivity index (χ1v) is 7.77. The second-order valence-corrected chi connectivity index (χ2v) is 6.40. The fourth-order valence-corrected chi connectivity index (χ4v) is 3.81. The zero-order chi connectivity index (χ0) is 14.1. The molecule has 2 aliphatic rings. The van der Waals surface area contributed by atoms with E-state index in [1.807, 2.05) is 12.1 Å². The van der Waals surface area contributed by atoms with Crippen LogP contribution in [0.15, 0.2) is 18.2 Å². The summed E-state index contributed by atoms with van der Waals surface area (Å²) < 4.78 is 5.30. The summed E-state index contributed by atoms with van der Waals surface area (Å²) in [6, 6.07) is 6.56. The van der Waals surface area contributed by atoms with Crippen molar-refractivity contribution in [1.29, 1.82) is 0 Å². The summed E-state index contributed by atoms with van der Waals surface area (Å²) in [6.45, 7) is 3.40. The van der Waals surface area contributed by atoms with E-state index in [0.717, 1.165) is 36.6 Å². The van der Waals surface area contributed by atoms with Crippen molar-refractivity contribution < 1.29 is 9.84 Å². The molecule has 0 radical (unpaired) electrons. The molecule has 1 aliphatic heterocycles. The van der Waals surface area contributed by atoms with Crippen molar-refractivity contribution in [2.45, 2.75) is 44.8 Å². The lowest BCUT2D eigenvalue weighted by Gasteiger charge is -2.39. The normalized spacial score (nSPS) is 33.5. The largest absolute Gasteiger partial charge is 0.497 e. The van der Waals surface area contributed by atoms with Crippen LogP contribution in [0.4, 0.5) is 0 Å². The van der Waals surface area contributed by atoms with Crippen molar-refractivity contribution in [1.82, 2.24) is 5.32 Å². The van der Waals surface area contributed by atoms with E-state index in [4.69, 9.17) is 4.74 Å². The Morgan fingerprint density at radius 1 is 1.30 bits per heavy atom. The Morgan fingerprint density at radius 2 is 2.15 bits per heavy atom. The fraction of sp³-hybridized carbons (Fsp3) is 0.647. The molecule has 3 rings (SSSR count). The second kappa shape index (κ2) is 5.74. The molecule has 4 atom stereocenters. The number of hydrogen-bond donors (Lipinski definition) is 2. The lowest BCUT2D eigenvalue weighted by molar-refractivity contribution is 0.0562. The van der Waals surface area contributed by atoms with Crippen molar-refractivity contribution >= 4 is 0 Å². The summed E-state index contributed by atoms with van der Waals surface area (Å²) in [4.78, 5) is 0. The van der Waals surface area contributed by atoms with Gasteiger partial charge in [-0.05, 0) is 61.4 Å². The van der Waals surface area contributed by atoms with Crippen LogP contribution in [-0.2, 0) is 6.42 Å². The third-order valence-electron chi connectivity index (χ3n) is 5.04. The molecule has 20 heavy (non-hydrogen) atoms. The number of aryl methyl sites for hydroxylation is 1. The van der Waals surface area contributed by atoms with E-state index >= 15 is 0 Å². The standard InChI is InChI=1S/C17H25NO2/c1-11-7-8-18-16(9-11)14-6-4-12-3-5-13(20-2)10-15(12)17(14)19/h3,5,10-11,14,16-19H,4,6-9H2,1-2H3. The van der Waals surface area contributed by atoms with Crippen molar-refractivity contribution in [3.63, 3.8) is 0 Å². The van der Waals surface area contributed by atoms with E-state index in [0.29, 0.717) is 12.0 Å². The summed E-state index contributed by atoms with van der Waals surface area (Å²) in [5.74, 6) is 1.94. The van der Waals surface area contributed by atoms with Crippen LogP contribution in [0.3, 0.4) is 0 Å². The Bertz CT molecular complexity index is 474. The zero-order valence-corrected chi connectivity index (χ0v) is 12.4. The zero-order valence-electron chi connectivity index (χ0n) is 12.4. The number of ether oxygens (including phenoxy) is 1. The molecular weight excluding hydrogens is 250 g/mol. The van der Waals surface area contributed by atoms with Gasteiger partial charge in [-0.1, -0.05) is 13.0 Å². The van der Waals surface area contributed by atoms with E-state index < -0.39 is 0 Å². The van der Waals surface area contributed by atoms with Crippen LogP contribution in [-0.4, -0.2) is 24.8 Å². The number of benzene rings is 1. The van der Waals surface area contributed by atoms with Gasteiger partial charge >= 0.3 is 0 Å². The lowest BCUT2D eigenvalue weighted by atomic mass is 9.74. The molecule has 1 heterocycles. The van der Waals surface area contributed by atoms with Crippen LogP contribution in [0.1, 0.15) is 43.4 Å². The van der Waals surface area contributed by atoms with Crippen molar-refractivity contribution in [3.05, 3.63) is 29.3 Å². The van der Waals surface area contributed by atoms with Crippen LogP contribution >= 0.6 is 0 Å². The summed E-state index contributed by atoms with van der Waals surface area (Å²) >= 11 is 0. The van der Waals surface area contributed by atoms with E-state index in [1.165, 1.54) is 18.4 Å². The molecule has 3 nitrogen and oxygen atoms in total. The summed E-state index contributed by atoms with van der Waals surface area (Å²) in [5, 5.41) is 14.4. The third-order valence-corrected chi connectivity index (χ3v) is 5.04. The van der Waals surface area contributed by atoms with Crippen molar-refractivity contribution in [2.75, 3.05) is 13.7 Å². The van der Waals surface area contributed by atoms with Gasteiger partial charge in [-0.15, -0.1) is 0 Å². The maximum Gasteiger partial charge on any atom is 0.119 e. The number of methoxy groups -OCH3 is 1. The highest BCUT2D eigenvalue weighted by atomic mass is 16.5. The molecule has 1 fully saturated rings. The molecule has 1 aromatic rings. The van der Waals surface area contributed by atoms with Crippen LogP contribution in [0, 0.1) is 11.8 Å². The summed E-state index contributed by atoms with van der Waals surface area (Å²) in [5.41, 5.74) is 2.35. The monoisotopic (exact) mass is 275 g/mol. The first-order valence-electron chi connectivity index (χ1n) is 7.77. The van der Waals surface area contributed by atoms with Crippen LogP contribution in [0.5, 0.6) is 5.75 Å². The third kappa shape index (κ3) is 2.57. The van der Waals surface area contributed by atoms with Gasteiger partial charge in [0.15, 0.2) is 0 Å². The fourth-order valence-electron chi connectivity index (χ4n) is 3.81. The van der Waals surface area contributed by atoms with Gasteiger partial charge in [-0.25, -0.2) is 0 Å². The van der Waals surface area contributed by atoms with Crippen LogP contribution in [0.25, 0.3) is 0 Å². The molecule has 0 bridgehead atoms. The van der Waals surface area contributed by atoms with E-state index in [-0.39, 0.29) is 6.10 Å². The van der Waals surface area contributed by atoms with Crippen LogP contribution in [0.2, 0.25) is 0 Å². The molecule has 0 saturated carbocycles. The topological polar surface area (TPSA) is 41.5 Å². The average molecular weight is 275 g/mol. The first-order chi connectivity index (χ1) is 9.69. The first kappa shape index (κ1) is 13.9. The Kier molecular flexibility index (Phi) is 3.99. The number of piperidine rings is 1. The molecular formula is C17H25NO2. The Labute approximate surface area is 121 Å². The van der Waals surface area contributed by atoms with Gasteiger partial charge < -0.3 is 15.2 Å². The lowest BCUT2D eigenvalue weighted by Crippen LogP contribution is -2.45. The Hall–Kier alpha value is -1.06. The average Bonchev–Trinajstić information content (AvgIpc) is 2.47. The smallest absolute Gasteiger partial charge is 0.119 e. The Balaban J connectivity index is 1.82.